The number of carbonyl (C=O) groups excluding carboxylic acids is 1. The molecule has 5 nitrogen and oxygen atoms in total. The zero-order valence-corrected chi connectivity index (χ0v) is 13.5. The monoisotopic (exact) mass is 324 g/mol. The lowest BCUT2D eigenvalue weighted by Crippen LogP contribution is -2.52. The minimum atomic E-state index is -0.314. The molecule has 2 rings (SSSR count). The summed E-state index contributed by atoms with van der Waals surface area (Å²) in [5.74, 6) is -0.403. The minimum absolute atomic E-state index is 0.0886. The van der Waals surface area contributed by atoms with Crippen LogP contribution in [0.25, 0.3) is 0 Å². The molecule has 1 aromatic rings. The van der Waals surface area contributed by atoms with Gasteiger partial charge in [0.05, 0.1) is 6.54 Å². The van der Waals surface area contributed by atoms with Gasteiger partial charge in [-0.2, -0.15) is 0 Å². The van der Waals surface area contributed by atoms with E-state index >= 15 is 0 Å². The molecule has 0 atom stereocenters. The Labute approximate surface area is 135 Å². The van der Waals surface area contributed by atoms with Crippen molar-refractivity contribution in [3.05, 3.63) is 30.1 Å². The molecule has 0 aliphatic carbocycles. The van der Waals surface area contributed by atoms with Crippen LogP contribution in [0.15, 0.2) is 24.3 Å². The largest absolute Gasteiger partial charge is 0.363 e. The molecular formula is C15H21FN4OS. The van der Waals surface area contributed by atoms with Crippen LogP contribution in [-0.2, 0) is 4.79 Å². The number of benzene rings is 1. The van der Waals surface area contributed by atoms with Crippen molar-refractivity contribution in [2.75, 3.05) is 44.6 Å². The van der Waals surface area contributed by atoms with Gasteiger partial charge in [0.2, 0.25) is 5.91 Å². The van der Waals surface area contributed by atoms with Crippen molar-refractivity contribution in [2.24, 2.45) is 0 Å². The Hall–Kier alpha value is -1.73. The van der Waals surface area contributed by atoms with E-state index in [0.29, 0.717) is 12.2 Å². The highest BCUT2D eigenvalue weighted by molar-refractivity contribution is 7.80. The maximum atomic E-state index is 12.8. The Kier molecular flexibility index (Phi) is 6.09. The number of nitrogens with one attached hydrogen (secondary N) is 2. The predicted octanol–water partition coefficient (Wildman–Crippen LogP) is 1.28. The van der Waals surface area contributed by atoms with E-state index < -0.39 is 0 Å². The predicted molar refractivity (Wildman–Crippen MR) is 89.3 cm³/mol. The smallest absolute Gasteiger partial charge is 0.238 e. The molecule has 0 saturated carbocycles. The van der Waals surface area contributed by atoms with Gasteiger partial charge in [0.25, 0.3) is 0 Å². The quantitative estimate of drug-likeness (QED) is 0.817. The van der Waals surface area contributed by atoms with Crippen LogP contribution in [0, 0.1) is 5.82 Å². The highest BCUT2D eigenvalue weighted by atomic mass is 32.1. The summed E-state index contributed by atoms with van der Waals surface area (Å²) in [7, 11) is 0. The van der Waals surface area contributed by atoms with Crippen LogP contribution in [-0.4, -0.2) is 60.1 Å². The summed E-state index contributed by atoms with van der Waals surface area (Å²) in [5, 5.41) is 6.68. The third kappa shape index (κ3) is 4.92. The summed E-state index contributed by atoms with van der Waals surface area (Å²) >= 11 is 5.28. The molecule has 1 fully saturated rings. The van der Waals surface area contributed by atoms with Gasteiger partial charge >= 0.3 is 0 Å². The minimum Gasteiger partial charge on any atom is -0.363 e. The molecule has 1 aliphatic rings. The molecule has 0 unspecified atom stereocenters. The van der Waals surface area contributed by atoms with E-state index in [2.05, 4.69) is 20.4 Å². The van der Waals surface area contributed by atoms with Gasteiger partial charge in [0.1, 0.15) is 5.82 Å². The number of rotatable bonds is 4. The van der Waals surface area contributed by atoms with E-state index in [9.17, 15) is 9.18 Å². The fraction of sp³-hybridized carbons (Fsp3) is 0.467. The van der Waals surface area contributed by atoms with Crippen molar-refractivity contribution >= 4 is 28.9 Å². The van der Waals surface area contributed by atoms with Crippen LogP contribution in [0.4, 0.5) is 10.1 Å². The summed E-state index contributed by atoms with van der Waals surface area (Å²) in [5.41, 5.74) is 0.610. The molecule has 1 heterocycles. The summed E-state index contributed by atoms with van der Waals surface area (Å²) < 4.78 is 12.8. The first-order valence-electron chi connectivity index (χ1n) is 7.39. The van der Waals surface area contributed by atoms with Gasteiger partial charge in [-0.25, -0.2) is 4.39 Å². The molecule has 0 bridgehead atoms. The molecule has 22 heavy (non-hydrogen) atoms. The third-order valence-electron chi connectivity index (χ3n) is 3.48. The second-order valence-corrected chi connectivity index (χ2v) is 5.54. The van der Waals surface area contributed by atoms with E-state index in [1.165, 1.54) is 12.1 Å². The summed E-state index contributed by atoms with van der Waals surface area (Å²) in [4.78, 5) is 16.2. The fourth-order valence-corrected chi connectivity index (χ4v) is 2.64. The van der Waals surface area contributed by atoms with Gasteiger partial charge in [-0.15, -0.1) is 0 Å². The third-order valence-corrected chi connectivity index (χ3v) is 3.89. The lowest BCUT2D eigenvalue weighted by molar-refractivity contribution is -0.117. The zero-order valence-electron chi connectivity index (χ0n) is 12.6. The van der Waals surface area contributed by atoms with Crippen LogP contribution in [0.2, 0.25) is 0 Å². The van der Waals surface area contributed by atoms with Crippen LogP contribution in [0.1, 0.15) is 6.92 Å². The number of halogens is 1. The van der Waals surface area contributed by atoms with Gasteiger partial charge in [0, 0.05) is 38.4 Å². The number of carbonyl (C=O) groups is 1. The normalized spacial score (nSPS) is 15.5. The molecule has 7 heteroatoms. The van der Waals surface area contributed by atoms with Gasteiger partial charge in [-0.1, -0.05) is 0 Å². The SMILES string of the molecule is CCNC(=S)N1CCN(CC(=O)Nc2ccc(F)cc2)CC1. The average Bonchev–Trinajstić information content (AvgIpc) is 2.50. The number of anilines is 1. The molecule has 0 aromatic heterocycles. The van der Waals surface area contributed by atoms with Gasteiger partial charge in [-0.3, -0.25) is 9.69 Å². The van der Waals surface area contributed by atoms with Crippen molar-refractivity contribution in [3.63, 3.8) is 0 Å². The van der Waals surface area contributed by atoms with Crippen LogP contribution < -0.4 is 10.6 Å². The summed E-state index contributed by atoms with van der Waals surface area (Å²) in [6.07, 6.45) is 0. The Morgan fingerprint density at radius 1 is 1.23 bits per heavy atom. The lowest BCUT2D eigenvalue weighted by Gasteiger charge is -2.35. The Bertz CT molecular complexity index is 515. The second-order valence-electron chi connectivity index (χ2n) is 5.15. The number of hydrogen-bond donors (Lipinski definition) is 2. The van der Waals surface area contributed by atoms with E-state index in [-0.39, 0.29) is 11.7 Å². The van der Waals surface area contributed by atoms with Gasteiger partial charge in [-0.05, 0) is 43.4 Å². The van der Waals surface area contributed by atoms with Crippen molar-refractivity contribution in [2.45, 2.75) is 6.92 Å². The standard InChI is InChI=1S/C15H21FN4OS/c1-2-17-15(22)20-9-7-19(8-10-20)11-14(21)18-13-5-3-12(16)4-6-13/h3-6H,2,7-11H2,1H3,(H,17,22)(H,18,21). The zero-order chi connectivity index (χ0) is 15.9. The molecule has 1 aromatic carbocycles. The van der Waals surface area contributed by atoms with E-state index in [1.54, 1.807) is 12.1 Å². The number of amides is 1. The molecule has 120 valence electrons. The van der Waals surface area contributed by atoms with E-state index in [0.717, 1.165) is 37.8 Å². The number of piperazine rings is 1. The molecule has 2 N–H and O–H groups in total. The first-order valence-corrected chi connectivity index (χ1v) is 7.80. The van der Waals surface area contributed by atoms with Crippen LogP contribution >= 0.6 is 12.2 Å². The topological polar surface area (TPSA) is 47.6 Å². The Morgan fingerprint density at radius 3 is 2.45 bits per heavy atom. The molecule has 0 spiro atoms. The van der Waals surface area contributed by atoms with Crippen LogP contribution in [0.3, 0.4) is 0 Å². The van der Waals surface area contributed by atoms with Crippen molar-refractivity contribution in [1.29, 1.82) is 0 Å². The Balaban J connectivity index is 1.74. The number of hydrogen-bond acceptors (Lipinski definition) is 3. The first kappa shape index (κ1) is 16.6. The molecule has 1 saturated heterocycles. The molecular weight excluding hydrogens is 303 g/mol. The first-order chi connectivity index (χ1) is 10.6. The second kappa shape index (κ2) is 8.05. The van der Waals surface area contributed by atoms with Gasteiger partial charge in [0.15, 0.2) is 5.11 Å². The number of nitrogens with zero attached hydrogens (tertiary/aromatic N) is 2. The van der Waals surface area contributed by atoms with Crippen molar-refractivity contribution < 1.29 is 9.18 Å². The molecule has 1 amide bonds. The fourth-order valence-electron chi connectivity index (χ4n) is 2.31. The molecule has 0 radical (unpaired) electrons. The van der Waals surface area contributed by atoms with Crippen molar-refractivity contribution in [1.82, 2.24) is 15.1 Å². The van der Waals surface area contributed by atoms with Gasteiger partial charge < -0.3 is 15.5 Å². The summed E-state index contributed by atoms with van der Waals surface area (Å²) in [6, 6.07) is 5.77. The molecule has 1 aliphatic heterocycles. The highest BCUT2D eigenvalue weighted by Gasteiger charge is 2.20. The Morgan fingerprint density at radius 2 is 1.86 bits per heavy atom. The average molecular weight is 324 g/mol. The number of thiocarbonyl (C=S) groups is 1. The lowest BCUT2D eigenvalue weighted by atomic mass is 10.3. The maximum absolute atomic E-state index is 12.8. The van der Waals surface area contributed by atoms with E-state index in [4.69, 9.17) is 12.2 Å². The van der Waals surface area contributed by atoms with E-state index in [1.807, 2.05) is 6.92 Å². The maximum Gasteiger partial charge on any atom is 0.238 e. The highest BCUT2D eigenvalue weighted by Crippen LogP contribution is 2.09. The van der Waals surface area contributed by atoms with Crippen LogP contribution in [0.5, 0.6) is 0 Å². The van der Waals surface area contributed by atoms with Crippen molar-refractivity contribution in [3.8, 4) is 0 Å². The summed E-state index contributed by atoms with van der Waals surface area (Å²) in [6.45, 7) is 6.39.